The molecule has 12 heteroatoms. The molecule has 3 aromatic rings. The first-order valence-electron chi connectivity index (χ1n) is 8.33. The number of aromatic nitrogens is 5. The van der Waals surface area contributed by atoms with Gasteiger partial charge in [0.05, 0.1) is 16.7 Å². The minimum atomic E-state index is -4.63. The number of carbonyl (C=O) groups is 1. The molecule has 0 radical (unpaired) electrons. The molecule has 1 unspecified atom stereocenters. The summed E-state index contributed by atoms with van der Waals surface area (Å²) in [6.07, 6.45) is -3.20. The molecule has 29 heavy (non-hydrogen) atoms. The van der Waals surface area contributed by atoms with Gasteiger partial charge in [0.1, 0.15) is 12.4 Å². The van der Waals surface area contributed by atoms with Crippen molar-refractivity contribution in [2.75, 3.05) is 5.32 Å². The van der Waals surface area contributed by atoms with Gasteiger partial charge in [-0.1, -0.05) is 23.7 Å². The van der Waals surface area contributed by atoms with Gasteiger partial charge < -0.3 is 0 Å². The zero-order valence-corrected chi connectivity index (χ0v) is 17.5. The highest BCUT2D eigenvalue weighted by Gasteiger charge is 2.39. The molecule has 0 fully saturated rings. The molecule has 0 saturated carbocycles. The van der Waals surface area contributed by atoms with Crippen LogP contribution in [0.2, 0.25) is 5.02 Å². The van der Waals surface area contributed by atoms with Crippen molar-refractivity contribution in [3.8, 4) is 0 Å². The first-order chi connectivity index (χ1) is 13.6. The molecule has 0 aliphatic rings. The number of carbonyl (C=O) groups excluding carboxylic acids is 1. The Labute approximate surface area is 177 Å². The van der Waals surface area contributed by atoms with Crippen molar-refractivity contribution in [1.29, 1.82) is 0 Å². The van der Waals surface area contributed by atoms with Crippen LogP contribution in [0.3, 0.4) is 0 Å². The van der Waals surface area contributed by atoms with Crippen molar-refractivity contribution in [2.24, 2.45) is 0 Å². The SMILES string of the molecule is Cc1c(Br)c(C(F)(F)F)nn1C(C)C(=O)Nc1ncn(Cc2cccc(Cl)c2)n1. The van der Waals surface area contributed by atoms with Crippen molar-refractivity contribution >= 4 is 39.4 Å². The molecule has 0 bridgehead atoms. The molecule has 0 spiro atoms. The average Bonchev–Trinajstić information content (AvgIpc) is 3.19. The maximum atomic E-state index is 13.0. The van der Waals surface area contributed by atoms with Crippen LogP contribution in [0.4, 0.5) is 19.1 Å². The maximum absolute atomic E-state index is 13.0. The number of nitrogens with zero attached hydrogens (tertiary/aromatic N) is 5. The fraction of sp³-hybridized carbons (Fsp3) is 0.294. The fourth-order valence-electron chi connectivity index (χ4n) is 2.63. The summed E-state index contributed by atoms with van der Waals surface area (Å²) in [5.74, 6) is -0.568. The Hall–Kier alpha value is -2.40. The van der Waals surface area contributed by atoms with Crippen LogP contribution in [-0.2, 0) is 17.5 Å². The maximum Gasteiger partial charge on any atom is 0.436 e. The van der Waals surface area contributed by atoms with Crippen LogP contribution in [0, 0.1) is 6.92 Å². The normalized spacial score (nSPS) is 12.8. The highest BCUT2D eigenvalue weighted by atomic mass is 79.9. The number of hydrogen-bond donors (Lipinski definition) is 1. The third-order valence-corrected chi connectivity index (χ3v) is 5.28. The predicted octanol–water partition coefficient (Wildman–Crippen LogP) is 4.47. The number of rotatable bonds is 5. The largest absolute Gasteiger partial charge is 0.436 e. The summed E-state index contributed by atoms with van der Waals surface area (Å²) < 4.78 is 41.4. The molecule has 0 aliphatic heterocycles. The fourth-order valence-corrected chi connectivity index (χ4v) is 3.33. The number of nitrogens with one attached hydrogen (secondary N) is 1. The van der Waals surface area contributed by atoms with E-state index in [0.29, 0.717) is 11.6 Å². The average molecular weight is 492 g/mol. The summed E-state index contributed by atoms with van der Waals surface area (Å²) in [5.41, 5.74) is -0.0108. The van der Waals surface area contributed by atoms with E-state index in [1.165, 1.54) is 24.9 Å². The van der Waals surface area contributed by atoms with Gasteiger partial charge in [-0.3, -0.25) is 14.8 Å². The van der Waals surface area contributed by atoms with Crippen LogP contribution in [0.15, 0.2) is 35.1 Å². The highest BCUT2D eigenvalue weighted by Crippen LogP contribution is 2.36. The molecule has 7 nitrogen and oxygen atoms in total. The van der Waals surface area contributed by atoms with Crippen molar-refractivity contribution in [2.45, 2.75) is 32.6 Å². The third-order valence-electron chi connectivity index (χ3n) is 4.10. The summed E-state index contributed by atoms with van der Waals surface area (Å²) in [5, 5.41) is 10.8. The van der Waals surface area contributed by atoms with Crippen molar-refractivity contribution < 1.29 is 18.0 Å². The Morgan fingerprint density at radius 1 is 1.34 bits per heavy atom. The van der Waals surface area contributed by atoms with Gasteiger partial charge in [0.2, 0.25) is 5.95 Å². The Morgan fingerprint density at radius 2 is 2.07 bits per heavy atom. The number of benzene rings is 1. The smallest absolute Gasteiger partial charge is 0.291 e. The van der Waals surface area contributed by atoms with Gasteiger partial charge in [-0.05, 0) is 47.5 Å². The lowest BCUT2D eigenvalue weighted by Crippen LogP contribution is -2.26. The van der Waals surface area contributed by atoms with Crippen molar-refractivity contribution in [1.82, 2.24) is 24.5 Å². The zero-order valence-electron chi connectivity index (χ0n) is 15.2. The second-order valence-corrected chi connectivity index (χ2v) is 7.48. The van der Waals surface area contributed by atoms with E-state index in [2.05, 4.69) is 36.4 Å². The lowest BCUT2D eigenvalue weighted by molar-refractivity contribution is -0.142. The quantitative estimate of drug-likeness (QED) is 0.571. The predicted molar refractivity (Wildman–Crippen MR) is 104 cm³/mol. The van der Waals surface area contributed by atoms with E-state index >= 15 is 0 Å². The van der Waals surface area contributed by atoms with Gasteiger partial charge in [0.15, 0.2) is 5.69 Å². The van der Waals surface area contributed by atoms with Gasteiger partial charge in [-0.2, -0.15) is 18.3 Å². The van der Waals surface area contributed by atoms with Gasteiger partial charge in [-0.15, -0.1) is 5.10 Å². The topological polar surface area (TPSA) is 77.6 Å². The van der Waals surface area contributed by atoms with Gasteiger partial charge in [0, 0.05) is 5.02 Å². The monoisotopic (exact) mass is 490 g/mol. The molecule has 154 valence electrons. The highest BCUT2D eigenvalue weighted by molar-refractivity contribution is 9.10. The van der Waals surface area contributed by atoms with E-state index in [1.54, 1.807) is 18.2 Å². The summed E-state index contributed by atoms with van der Waals surface area (Å²) in [7, 11) is 0. The van der Waals surface area contributed by atoms with Crippen LogP contribution in [-0.4, -0.2) is 30.5 Å². The molecule has 3 rings (SSSR count). The number of halogens is 5. The van der Waals surface area contributed by atoms with E-state index in [4.69, 9.17) is 11.6 Å². The molecule has 2 heterocycles. The summed E-state index contributed by atoms with van der Waals surface area (Å²) in [6.45, 7) is 3.26. The van der Waals surface area contributed by atoms with Crippen LogP contribution < -0.4 is 5.32 Å². The van der Waals surface area contributed by atoms with Crippen molar-refractivity contribution in [3.05, 3.63) is 57.0 Å². The minimum Gasteiger partial charge on any atom is -0.291 e. The number of alkyl halides is 3. The summed E-state index contributed by atoms with van der Waals surface area (Å²) in [4.78, 5) is 16.5. The molecule has 0 aliphatic carbocycles. The molecule has 1 aromatic carbocycles. The van der Waals surface area contributed by atoms with Gasteiger partial charge in [-0.25, -0.2) is 9.67 Å². The standard InChI is InChI=1S/C17H15BrClF3N6O/c1-9-13(18)14(17(20,21)22)25-28(9)10(2)15(29)24-16-23-8-27(26-16)7-11-4-3-5-12(19)6-11/h3-6,8,10H,7H2,1-2H3,(H,24,26,29). The minimum absolute atomic E-state index is 0.0313. The van der Waals surface area contributed by atoms with Gasteiger partial charge >= 0.3 is 6.18 Å². The summed E-state index contributed by atoms with van der Waals surface area (Å²) >= 11 is 8.84. The van der Waals surface area contributed by atoms with E-state index in [9.17, 15) is 18.0 Å². The first kappa shape index (κ1) is 21.3. The van der Waals surface area contributed by atoms with E-state index in [1.807, 2.05) is 6.07 Å². The molecular weight excluding hydrogens is 477 g/mol. The van der Waals surface area contributed by atoms with E-state index < -0.39 is 23.8 Å². The Kier molecular flexibility index (Phi) is 5.99. The first-order valence-corrected chi connectivity index (χ1v) is 9.50. The van der Waals surface area contributed by atoms with Crippen LogP contribution in [0.1, 0.15) is 29.9 Å². The Morgan fingerprint density at radius 3 is 2.69 bits per heavy atom. The van der Waals surface area contributed by atoms with Gasteiger partial charge in [0.25, 0.3) is 5.91 Å². The Balaban J connectivity index is 1.72. The number of anilines is 1. The lowest BCUT2D eigenvalue weighted by atomic mass is 10.2. The van der Waals surface area contributed by atoms with E-state index in [0.717, 1.165) is 10.2 Å². The van der Waals surface area contributed by atoms with Crippen LogP contribution >= 0.6 is 27.5 Å². The second-order valence-electron chi connectivity index (χ2n) is 6.25. The Bertz CT molecular complexity index is 1050. The third kappa shape index (κ3) is 4.78. The molecule has 1 atom stereocenters. The molecule has 1 amide bonds. The number of amides is 1. The molecule has 2 aromatic heterocycles. The lowest BCUT2D eigenvalue weighted by Gasteiger charge is -2.13. The number of hydrogen-bond acceptors (Lipinski definition) is 4. The zero-order chi connectivity index (χ0) is 21.3. The van der Waals surface area contributed by atoms with Crippen LogP contribution in [0.5, 0.6) is 0 Å². The molecule has 0 saturated heterocycles. The summed E-state index contributed by atoms with van der Waals surface area (Å²) in [6, 6.07) is 6.19. The molecule has 1 N–H and O–H groups in total. The van der Waals surface area contributed by atoms with Crippen LogP contribution in [0.25, 0.3) is 0 Å². The molecular formula is C17H15BrClF3N6O. The second kappa shape index (κ2) is 8.15. The van der Waals surface area contributed by atoms with Crippen molar-refractivity contribution in [3.63, 3.8) is 0 Å². The van der Waals surface area contributed by atoms with E-state index in [-0.39, 0.29) is 16.1 Å².